The first-order valence-electron chi connectivity index (χ1n) is 9.73. The highest BCUT2D eigenvalue weighted by molar-refractivity contribution is 5.79. The van der Waals surface area contributed by atoms with Gasteiger partial charge in [-0.2, -0.15) is 0 Å². The number of nitrogens with zero attached hydrogens (tertiary/aromatic N) is 3. The Morgan fingerprint density at radius 3 is 2.52 bits per heavy atom. The van der Waals surface area contributed by atoms with Crippen molar-refractivity contribution < 1.29 is 4.39 Å². The molecule has 1 fully saturated rings. The summed E-state index contributed by atoms with van der Waals surface area (Å²) in [5, 5.41) is 0. The van der Waals surface area contributed by atoms with E-state index in [0.29, 0.717) is 5.82 Å². The van der Waals surface area contributed by atoms with Crippen molar-refractivity contribution in [2.45, 2.75) is 33.6 Å². The van der Waals surface area contributed by atoms with Gasteiger partial charge in [-0.3, -0.25) is 0 Å². The van der Waals surface area contributed by atoms with Crippen LogP contribution in [-0.4, -0.2) is 31.2 Å². The first kappa shape index (κ1) is 19.2. The molecule has 2 N–H and O–H groups in total. The molecular formula is C22H29FN4. The average molecular weight is 369 g/mol. The van der Waals surface area contributed by atoms with Gasteiger partial charge in [0.05, 0.1) is 11.4 Å². The first-order chi connectivity index (χ1) is 13.0. The summed E-state index contributed by atoms with van der Waals surface area (Å²) in [6.07, 6.45) is 5.73. The van der Waals surface area contributed by atoms with Gasteiger partial charge in [0.2, 0.25) is 0 Å². The van der Waals surface area contributed by atoms with Crippen molar-refractivity contribution in [1.82, 2.24) is 4.98 Å². The van der Waals surface area contributed by atoms with E-state index in [4.69, 9.17) is 5.73 Å². The number of nitrogens with two attached hydrogens (primary N) is 1. The van der Waals surface area contributed by atoms with Gasteiger partial charge < -0.3 is 15.5 Å². The van der Waals surface area contributed by atoms with Crippen LogP contribution in [0.5, 0.6) is 0 Å². The SMILES string of the molecule is CCC(C)=Cc1cccc(N2CCN(c3ncc(CC)cc3F)CC2)c1N. The molecule has 1 saturated heterocycles. The largest absolute Gasteiger partial charge is 0.397 e. The van der Waals surface area contributed by atoms with Gasteiger partial charge in [-0.15, -0.1) is 0 Å². The topological polar surface area (TPSA) is 45.4 Å². The number of hydrogen-bond acceptors (Lipinski definition) is 4. The number of aryl methyl sites for hydroxylation is 1. The predicted octanol–water partition coefficient (Wildman–Crippen LogP) is 4.51. The number of pyridine rings is 1. The van der Waals surface area contributed by atoms with E-state index in [1.807, 2.05) is 11.8 Å². The van der Waals surface area contributed by atoms with Crippen LogP contribution in [0.3, 0.4) is 0 Å². The summed E-state index contributed by atoms with van der Waals surface area (Å²) in [7, 11) is 0. The highest BCUT2D eigenvalue weighted by Gasteiger charge is 2.22. The number of allylic oxidation sites excluding steroid dienone is 1. The fourth-order valence-electron chi connectivity index (χ4n) is 3.40. The van der Waals surface area contributed by atoms with Gasteiger partial charge in [-0.25, -0.2) is 9.37 Å². The Balaban J connectivity index is 1.74. The highest BCUT2D eigenvalue weighted by atomic mass is 19.1. The third-order valence-electron chi connectivity index (χ3n) is 5.28. The molecule has 0 unspecified atom stereocenters. The van der Waals surface area contributed by atoms with Crippen LogP contribution >= 0.6 is 0 Å². The van der Waals surface area contributed by atoms with Crippen LogP contribution in [0.2, 0.25) is 0 Å². The van der Waals surface area contributed by atoms with E-state index >= 15 is 0 Å². The molecule has 1 aliphatic rings. The van der Waals surface area contributed by atoms with Crippen LogP contribution < -0.4 is 15.5 Å². The molecule has 0 amide bonds. The smallest absolute Gasteiger partial charge is 0.165 e. The minimum Gasteiger partial charge on any atom is -0.397 e. The van der Waals surface area contributed by atoms with Crippen molar-refractivity contribution in [2.75, 3.05) is 41.7 Å². The molecule has 0 radical (unpaired) electrons. The van der Waals surface area contributed by atoms with Gasteiger partial charge in [-0.1, -0.05) is 37.6 Å². The predicted molar refractivity (Wildman–Crippen MR) is 113 cm³/mol. The Morgan fingerprint density at radius 2 is 1.89 bits per heavy atom. The van der Waals surface area contributed by atoms with E-state index in [1.54, 1.807) is 12.3 Å². The van der Waals surface area contributed by atoms with Gasteiger partial charge in [-0.05, 0) is 43.0 Å². The summed E-state index contributed by atoms with van der Waals surface area (Å²) >= 11 is 0. The quantitative estimate of drug-likeness (QED) is 0.789. The van der Waals surface area contributed by atoms with Crippen LogP contribution in [0, 0.1) is 5.82 Å². The average Bonchev–Trinajstić information content (AvgIpc) is 2.69. The van der Waals surface area contributed by atoms with Crippen LogP contribution in [0.4, 0.5) is 21.6 Å². The van der Waals surface area contributed by atoms with Gasteiger partial charge in [0.15, 0.2) is 11.6 Å². The normalized spacial score (nSPS) is 15.3. The second kappa shape index (κ2) is 8.42. The number of rotatable bonds is 5. The lowest BCUT2D eigenvalue weighted by Crippen LogP contribution is -2.47. The number of hydrogen-bond donors (Lipinski definition) is 1. The maximum Gasteiger partial charge on any atom is 0.165 e. The van der Waals surface area contributed by atoms with Crippen molar-refractivity contribution in [1.29, 1.82) is 0 Å². The minimum absolute atomic E-state index is 0.232. The van der Waals surface area contributed by atoms with E-state index in [2.05, 4.69) is 48.0 Å². The van der Waals surface area contributed by atoms with Crippen molar-refractivity contribution in [3.05, 3.63) is 53.0 Å². The Kier molecular flexibility index (Phi) is 5.99. The van der Waals surface area contributed by atoms with E-state index < -0.39 is 0 Å². The third kappa shape index (κ3) is 4.24. The highest BCUT2D eigenvalue weighted by Crippen LogP contribution is 2.30. The monoisotopic (exact) mass is 368 g/mol. The summed E-state index contributed by atoms with van der Waals surface area (Å²) < 4.78 is 14.4. The van der Waals surface area contributed by atoms with Gasteiger partial charge in [0.25, 0.3) is 0 Å². The zero-order valence-electron chi connectivity index (χ0n) is 16.5. The molecule has 0 bridgehead atoms. The molecular weight excluding hydrogens is 339 g/mol. The Hall–Kier alpha value is -2.56. The summed E-state index contributed by atoms with van der Waals surface area (Å²) in [4.78, 5) is 8.65. The van der Waals surface area contributed by atoms with E-state index in [-0.39, 0.29) is 5.82 Å². The van der Waals surface area contributed by atoms with Crippen molar-refractivity contribution in [2.24, 2.45) is 0 Å². The fraction of sp³-hybridized carbons (Fsp3) is 0.409. The molecule has 0 atom stereocenters. The lowest BCUT2D eigenvalue weighted by atomic mass is 10.1. The molecule has 2 heterocycles. The van der Waals surface area contributed by atoms with Crippen molar-refractivity contribution in [3.63, 3.8) is 0 Å². The maximum absolute atomic E-state index is 14.4. The second-order valence-electron chi connectivity index (χ2n) is 7.10. The molecule has 0 aliphatic carbocycles. The molecule has 27 heavy (non-hydrogen) atoms. The number of para-hydroxylation sites is 1. The van der Waals surface area contributed by atoms with Crippen LogP contribution in [-0.2, 0) is 6.42 Å². The summed E-state index contributed by atoms with van der Waals surface area (Å²) in [5.74, 6) is 0.222. The van der Waals surface area contributed by atoms with Crippen LogP contribution in [0.25, 0.3) is 6.08 Å². The first-order valence-corrected chi connectivity index (χ1v) is 9.73. The minimum atomic E-state index is -0.232. The van der Waals surface area contributed by atoms with Crippen molar-refractivity contribution in [3.8, 4) is 0 Å². The summed E-state index contributed by atoms with van der Waals surface area (Å²) in [5.41, 5.74) is 11.6. The number of piperazine rings is 1. The Bertz CT molecular complexity index is 823. The number of anilines is 3. The molecule has 3 rings (SSSR count). The summed E-state index contributed by atoms with van der Waals surface area (Å²) in [6.45, 7) is 9.31. The fourth-order valence-corrected chi connectivity index (χ4v) is 3.40. The van der Waals surface area contributed by atoms with Gasteiger partial charge in [0.1, 0.15) is 0 Å². The zero-order chi connectivity index (χ0) is 19.4. The van der Waals surface area contributed by atoms with Crippen LogP contribution in [0.1, 0.15) is 38.3 Å². The summed E-state index contributed by atoms with van der Waals surface area (Å²) in [6, 6.07) is 7.78. The van der Waals surface area contributed by atoms with E-state index in [1.165, 1.54) is 5.57 Å². The molecule has 0 saturated carbocycles. The lowest BCUT2D eigenvalue weighted by Gasteiger charge is -2.37. The standard InChI is InChI=1S/C22H29FN4/c1-4-16(3)13-18-7-6-8-20(21(18)24)26-9-11-27(12-10-26)22-19(23)14-17(5-2)15-25-22/h6-8,13-15H,4-5,9-12,24H2,1-3H3. The molecule has 1 aromatic heterocycles. The third-order valence-corrected chi connectivity index (χ3v) is 5.28. The number of benzene rings is 1. The molecule has 1 aromatic carbocycles. The van der Waals surface area contributed by atoms with E-state index in [9.17, 15) is 4.39 Å². The molecule has 5 heteroatoms. The Labute approximate surface area is 161 Å². The number of aromatic nitrogens is 1. The molecule has 1 aliphatic heterocycles. The zero-order valence-corrected chi connectivity index (χ0v) is 16.5. The van der Waals surface area contributed by atoms with Gasteiger partial charge >= 0.3 is 0 Å². The number of nitrogen functional groups attached to an aromatic ring is 1. The lowest BCUT2D eigenvalue weighted by molar-refractivity contribution is 0.587. The Morgan fingerprint density at radius 1 is 1.19 bits per heavy atom. The van der Waals surface area contributed by atoms with E-state index in [0.717, 1.165) is 61.5 Å². The number of halogens is 1. The molecule has 144 valence electrons. The molecule has 4 nitrogen and oxygen atoms in total. The molecule has 0 spiro atoms. The maximum atomic E-state index is 14.4. The van der Waals surface area contributed by atoms with Gasteiger partial charge in [0, 0.05) is 32.4 Å². The van der Waals surface area contributed by atoms with Crippen LogP contribution in [0.15, 0.2) is 36.0 Å². The molecule has 2 aromatic rings. The second-order valence-corrected chi connectivity index (χ2v) is 7.10. The van der Waals surface area contributed by atoms with Crippen molar-refractivity contribution >= 4 is 23.3 Å².